The van der Waals surface area contributed by atoms with E-state index in [1.165, 1.54) is 24.8 Å². The van der Waals surface area contributed by atoms with Gasteiger partial charge < -0.3 is 13.7 Å². The van der Waals surface area contributed by atoms with Gasteiger partial charge in [0.2, 0.25) is 5.89 Å². The van der Waals surface area contributed by atoms with E-state index in [1.54, 1.807) is 0 Å². The summed E-state index contributed by atoms with van der Waals surface area (Å²) in [5, 5.41) is 0. The van der Waals surface area contributed by atoms with Crippen LogP contribution < -0.4 is 0 Å². The number of imidazole rings is 1. The molecule has 1 fully saturated rings. The topological polar surface area (TPSA) is 53.1 Å². The van der Waals surface area contributed by atoms with Crippen molar-refractivity contribution in [2.75, 3.05) is 13.2 Å². The van der Waals surface area contributed by atoms with Crippen LogP contribution in [0.2, 0.25) is 0 Å². The number of rotatable bonds is 4. The van der Waals surface area contributed by atoms with Gasteiger partial charge in [-0.2, -0.15) is 0 Å². The number of hydrogen-bond acceptors (Lipinski definition) is 4. The highest BCUT2D eigenvalue weighted by atomic mass is 16.5. The number of hydrogen-bond donors (Lipinski definition) is 0. The smallest absolute Gasteiger partial charge is 0.227 e. The molecule has 1 aliphatic rings. The minimum Gasteiger partial charge on any atom is -0.436 e. The van der Waals surface area contributed by atoms with Crippen LogP contribution in [0.1, 0.15) is 25.1 Å². The van der Waals surface area contributed by atoms with Gasteiger partial charge in [0, 0.05) is 25.3 Å². The van der Waals surface area contributed by atoms with Gasteiger partial charge in [-0.25, -0.2) is 9.97 Å². The summed E-state index contributed by atoms with van der Waals surface area (Å²) in [6.45, 7) is 4.91. The molecule has 0 saturated carbocycles. The van der Waals surface area contributed by atoms with Crippen molar-refractivity contribution in [3.63, 3.8) is 0 Å². The molecule has 1 aliphatic heterocycles. The van der Waals surface area contributed by atoms with Gasteiger partial charge in [-0.15, -0.1) is 0 Å². The first kappa shape index (κ1) is 16.5. The molecule has 0 N–H and O–H groups in total. The van der Waals surface area contributed by atoms with Crippen LogP contribution in [-0.4, -0.2) is 27.7 Å². The minimum absolute atomic E-state index is 0.646. The quantitative estimate of drug-likeness (QED) is 0.515. The Morgan fingerprint density at radius 3 is 2.74 bits per heavy atom. The average molecular weight is 361 g/mol. The summed E-state index contributed by atoms with van der Waals surface area (Å²) in [5.74, 6) is 2.47. The molecular weight excluding hydrogens is 338 g/mol. The van der Waals surface area contributed by atoms with Crippen molar-refractivity contribution in [3.05, 3.63) is 48.3 Å². The molecule has 0 aliphatic carbocycles. The molecule has 27 heavy (non-hydrogen) atoms. The van der Waals surface area contributed by atoms with Crippen LogP contribution in [0, 0.1) is 12.8 Å². The van der Waals surface area contributed by atoms with E-state index in [1.807, 2.05) is 24.3 Å². The standard InChI is InChI=1S/C22H23N3O2/c1-15-23-19-14-17(22-24-18-4-2-3-5-21(18)27-22)6-7-20(19)25(15)11-8-16-9-12-26-13-10-16/h2-7,14,16H,8-13H2,1H3. The van der Waals surface area contributed by atoms with E-state index in [4.69, 9.17) is 14.1 Å². The number of benzene rings is 2. The Balaban J connectivity index is 1.44. The maximum Gasteiger partial charge on any atom is 0.227 e. The van der Waals surface area contributed by atoms with E-state index >= 15 is 0 Å². The molecular formula is C22H23N3O2. The van der Waals surface area contributed by atoms with E-state index in [0.717, 1.165) is 53.7 Å². The highest BCUT2D eigenvalue weighted by Gasteiger charge is 2.16. The molecule has 3 heterocycles. The first-order valence-electron chi connectivity index (χ1n) is 9.68. The van der Waals surface area contributed by atoms with Crippen LogP contribution in [0.25, 0.3) is 33.6 Å². The van der Waals surface area contributed by atoms with Gasteiger partial charge in [0.05, 0.1) is 11.0 Å². The van der Waals surface area contributed by atoms with Crippen molar-refractivity contribution < 1.29 is 9.15 Å². The molecule has 5 rings (SSSR count). The SMILES string of the molecule is Cc1nc2cc(-c3nc4ccccc4o3)ccc2n1CCC1CCOCC1. The van der Waals surface area contributed by atoms with Gasteiger partial charge in [-0.05, 0) is 62.4 Å². The summed E-state index contributed by atoms with van der Waals surface area (Å²) in [6.07, 6.45) is 3.53. The third kappa shape index (κ3) is 3.12. The molecule has 2 aromatic carbocycles. The van der Waals surface area contributed by atoms with E-state index in [2.05, 4.69) is 34.7 Å². The number of nitrogens with zero attached hydrogens (tertiary/aromatic N) is 3. The predicted octanol–water partition coefficient (Wildman–Crippen LogP) is 4.97. The number of fused-ring (bicyclic) bond motifs is 2. The summed E-state index contributed by atoms with van der Waals surface area (Å²) >= 11 is 0. The Labute approximate surface area is 158 Å². The number of ether oxygens (including phenoxy) is 1. The molecule has 0 amide bonds. The van der Waals surface area contributed by atoms with E-state index in [0.29, 0.717) is 5.89 Å². The number of aromatic nitrogens is 3. The Bertz CT molecular complexity index is 1060. The molecule has 0 bridgehead atoms. The maximum absolute atomic E-state index is 5.91. The van der Waals surface area contributed by atoms with Crippen molar-refractivity contribution in [2.24, 2.45) is 5.92 Å². The van der Waals surface area contributed by atoms with Crippen molar-refractivity contribution in [1.29, 1.82) is 0 Å². The largest absolute Gasteiger partial charge is 0.436 e. The lowest BCUT2D eigenvalue weighted by Crippen LogP contribution is -2.17. The van der Waals surface area contributed by atoms with E-state index in [9.17, 15) is 0 Å². The van der Waals surface area contributed by atoms with Crippen molar-refractivity contribution in [1.82, 2.24) is 14.5 Å². The van der Waals surface area contributed by atoms with Crippen LogP contribution in [0.4, 0.5) is 0 Å². The Morgan fingerprint density at radius 2 is 1.89 bits per heavy atom. The van der Waals surface area contributed by atoms with Gasteiger partial charge in [-0.1, -0.05) is 12.1 Å². The first-order chi connectivity index (χ1) is 13.3. The lowest BCUT2D eigenvalue weighted by atomic mass is 9.96. The zero-order valence-electron chi connectivity index (χ0n) is 15.5. The Hall–Kier alpha value is -2.66. The zero-order valence-corrected chi connectivity index (χ0v) is 15.5. The van der Waals surface area contributed by atoms with E-state index < -0.39 is 0 Å². The number of oxazole rings is 1. The molecule has 2 aromatic heterocycles. The molecule has 138 valence electrons. The fraction of sp³-hybridized carbons (Fsp3) is 0.364. The molecule has 0 unspecified atom stereocenters. The highest BCUT2D eigenvalue weighted by molar-refractivity contribution is 5.83. The van der Waals surface area contributed by atoms with Crippen molar-refractivity contribution in [3.8, 4) is 11.5 Å². The monoisotopic (exact) mass is 361 g/mol. The summed E-state index contributed by atoms with van der Waals surface area (Å²) in [4.78, 5) is 9.39. The van der Waals surface area contributed by atoms with Crippen LogP contribution in [0.3, 0.4) is 0 Å². The summed E-state index contributed by atoms with van der Waals surface area (Å²) in [7, 11) is 0. The van der Waals surface area contributed by atoms with Crippen LogP contribution >= 0.6 is 0 Å². The Kier molecular flexibility index (Phi) is 4.17. The fourth-order valence-electron chi connectivity index (χ4n) is 4.01. The second-order valence-corrected chi connectivity index (χ2v) is 7.35. The van der Waals surface area contributed by atoms with Crippen molar-refractivity contribution in [2.45, 2.75) is 32.7 Å². The Morgan fingerprint density at radius 1 is 1.04 bits per heavy atom. The zero-order chi connectivity index (χ0) is 18.2. The third-order valence-corrected chi connectivity index (χ3v) is 5.58. The minimum atomic E-state index is 0.646. The average Bonchev–Trinajstić information content (AvgIpc) is 3.27. The third-order valence-electron chi connectivity index (χ3n) is 5.58. The van der Waals surface area contributed by atoms with Gasteiger partial charge in [0.1, 0.15) is 11.3 Å². The van der Waals surface area contributed by atoms with Gasteiger partial charge in [-0.3, -0.25) is 0 Å². The molecule has 0 radical (unpaired) electrons. The number of aryl methyl sites for hydroxylation is 2. The van der Waals surface area contributed by atoms with Gasteiger partial charge >= 0.3 is 0 Å². The first-order valence-corrected chi connectivity index (χ1v) is 9.68. The van der Waals surface area contributed by atoms with Gasteiger partial charge in [0.25, 0.3) is 0 Å². The molecule has 0 spiro atoms. The van der Waals surface area contributed by atoms with Crippen LogP contribution in [0.5, 0.6) is 0 Å². The lowest BCUT2D eigenvalue weighted by Gasteiger charge is -2.22. The maximum atomic E-state index is 5.91. The molecule has 4 aromatic rings. The summed E-state index contributed by atoms with van der Waals surface area (Å²) in [6, 6.07) is 14.2. The predicted molar refractivity (Wildman–Crippen MR) is 106 cm³/mol. The second kappa shape index (κ2) is 6.82. The normalized spacial score (nSPS) is 15.7. The molecule has 5 heteroatoms. The molecule has 0 atom stereocenters. The molecule has 5 nitrogen and oxygen atoms in total. The number of para-hydroxylation sites is 2. The van der Waals surface area contributed by atoms with Crippen LogP contribution in [0.15, 0.2) is 46.9 Å². The fourth-order valence-corrected chi connectivity index (χ4v) is 4.01. The van der Waals surface area contributed by atoms with Crippen molar-refractivity contribution >= 4 is 22.1 Å². The molecule has 1 saturated heterocycles. The van der Waals surface area contributed by atoms with E-state index in [-0.39, 0.29) is 0 Å². The summed E-state index contributed by atoms with van der Waals surface area (Å²) < 4.78 is 13.7. The highest BCUT2D eigenvalue weighted by Crippen LogP contribution is 2.28. The summed E-state index contributed by atoms with van der Waals surface area (Å²) in [5.41, 5.74) is 4.84. The lowest BCUT2D eigenvalue weighted by molar-refractivity contribution is 0.0626. The van der Waals surface area contributed by atoms with Crippen LogP contribution in [-0.2, 0) is 11.3 Å². The van der Waals surface area contributed by atoms with Gasteiger partial charge in [0.15, 0.2) is 5.58 Å². The second-order valence-electron chi connectivity index (χ2n) is 7.35.